The molecule has 1 N–H and O–H groups in total. The summed E-state index contributed by atoms with van der Waals surface area (Å²) in [6.07, 6.45) is 3.67. The summed E-state index contributed by atoms with van der Waals surface area (Å²) in [4.78, 5) is 4.06. The summed E-state index contributed by atoms with van der Waals surface area (Å²) in [6.45, 7) is 2.50. The van der Waals surface area contributed by atoms with E-state index in [4.69, 9.17) is 4.74 Å². The second-order valence-electron chi connectivity index (χ2n) is 2.87. The first-order valence-corrected chi connectivity index (χ1v) is 4.18. The maximum Gasteiger partial charge on any atom is 0.0662 e. The molecule has 5 heteroatoms. The van der Waals surface area contributed by atoms with Gasteiger partial charge in [-0.05, 0) is 11.6 Å². The van der Waals surface area contributed by atoms with Crippen LogP contribution in [0.4, 0.5) is 0 Å². The summed E-state index contributed by atoms with van der Waals surface area (Å²) in [7, 11) is 0. The van der Waals surface area contributed by atoms with Gasteiger partial charge in [-0.15, -0.1) is 24.8 Å². The second kappa shape index (κ2) is 7.01. The molecule has 1 unspecified atom stereocenters. The van der Waals surface area contributed by atoms with Crippen molar-refractivity contribution in [1.29, 1.82) is 0 Å². The third-order valence-electron chi connectivity index (χ3n) is 2.01. The Labute approximate surface area is 96.1 Å². The maximum atomic E-state index is 5.35. The molecule has 80 valence electrons. The average molecular weight is 237 g/mol. The predicted molar refractivity (Wildman–Crippen MR) is 60.3 cm³/mol. The van der Waals surface area contributed by atoms with Crippen LogP contribution in [0, 0.1) is 0 Å². The molecule has 0 spiro atoms. The molecule has 3 nitrogen and oxygen atoms in total. The zero-order chi connectivity index (χ0) is 8.23. The van der Waals surface area contributed by atoms with Gasteiger partial charge in [0, 0.05) is 18.9 Å². The SMILES string of the molecule is Cl.Cl.c1cncc(C2COCCN2)c1. The summed E-state index contributed by atoms with van der Waals surface area (Å²) in [5.41, 5.74) is 1.21. The molecule has 2 rings (SSSR count). The number of halogens is 2. The smallest absolute Gasteiger partial charge is 0.0662 e. The number of ether oxygens (including phenoxy) is 1. The minimum absolute atomic E-state index is 0. The van der Waals surface area contributed by atoms with E-state index in [1.807, 2.05) is 12.3 Å². The number of morpholine rings is 1. The van der Waals surface area contributed by atoms with Crippen LogP contribution in [0.2, 0.25) is 0 Å². The minimum atomic E-state index is 0. The van der Waals surface area contributed by atoms with Crippen molar-refractivity contribution in [2.24, 2.45) is 0 Å². The summed E-state index contributed by atoms with van der Waals surface area (Å²) < 4.78 is 5.35. The van der Waals surface area contributed by atoms with E-state index >= 15 is 0 Å². The van der Waals surface area contributed by atoms with Crippen LogP contribution in [-0.2, 0) is 4.74 Å². The first kappa shape index (κ1) is 13.7. The van der Waals surface area contributed by atoms with Gasteiger partial charge in [-0.1, -0.05) is 6.07 Å². The Balaban J connectivity index is 0.000000845. The zero-order valence-corrected chi connectivity index (χ0v) is 9.31. The Kier molecular flexibility index (Phi) is 6.83. The summed E-state index contributed by atoms with van der Waals surface area (Å²) in [6, 6.07) is 4.35. The molecule has 0 radical (unpaired) electrons. The summed E-state index contributed by atoms with van der Waals surface area (Å²) >= 11 is 0. The molecule has 1 fully saturated rings. The van der Waals surface area contributed by atoms with Crippen LogP contribution in [0.15, 0.2) is 24.5 Å². The lowest BCUT2D eigenvalue weighted by molar-refractivity contribution is 0.0768. The number of rotatable bonds is 1. The lowest BCUT2D eigenvalue weighted by Gasteiger charge is -2.23. The van der Waals surface area contributed by atoms with Crippen molar-refractivity contribution in [2.45, 2.75) is 6.04 Å². The molecular weight excluding hydrogens is 223 g/mol. The molecule has 1 aliphatic heterocycles. The average Bonchev–Trinajstić information content (AvgIpc) is 2.21. The van der Waals surface area contributed by atoms with E-state index in [0.717, 1.165) is 19.8 Å². The quantitative estimate of drug-likeness (QED) is 0.805. The molecule has 0 amide bonds. The number of nitrogens with one attached hydrogen (secondary N) is 1. The van der Waals surface area contributed by atoms with Gasteiger partial charge in [0.2, 0.25) is 0 Å². The highest BCUT2D eigenvalue weighted by Crippen LogP contribution is 2.13. The van der Waals surface area contributed by atoms with E-state index in [2.05, 4.69) is 16.4 Å². The fourth-order valence-electron chi connectivity index (χ4n) is 1.36. The van der Waals surface area contributed by atoms with Crippen LogP contribution in [0.5, 0.6) is 0 Å². The number of aromatic nitrogens is 1. The van der Waals surface area contributed by atoms with Crippen molar-refractivity contribution >= 4 is 24.8 Å². The Morgan fingerprint density at radius 3 is 2.86 bits per heavy atom. The molecule has 1 atom stereocenters. The van der Waals surface area contributed by atoms with Crippen LogP contribution in [0.3, 0.4) is 0 Å². The molecule has 0 saturated carbocycles. The standard InChI is InChI=1S/C9H12N2O.2ClH/c1-2-8(6-10-3-1)9-7-12-5-4-11-9;;/h1-3,6,9,11H,4-5,7H2;2*1H. The lowest BCUT2D eigenvalue weighted by atomic mass is 10.1. The van der Waals surface area contributed by atoms with Crippen LogP contribution >= 0.6 is 24.8 Å². The van der Waals surface area contributed by atoms with E-state index in [1.54, 1.807) is 6.20 Å². The molecule has 0 bridgehead atoms. The van der Waals surface area contributed by atoms with E-state index in [9.17, 15) is 0 Å². The highest BCUT2D eigenvalue weighted by molar-refractivity contribution is 5.85. The fourth-order valence-corrected chi connectivity index (χ4v) is 1.36. The highest BCUT2D eigenvalue weighted by Gasteiger charge is 2.14. The third-order valence-corrected chi connectivity index (χ3v) is 2.01. The summed E-state index contributed by atoms with van der Waals surface area (Å²) in [5, 5.41) is 3.37. The molecule has 0 aliphatic carbocycles. The van der Waals surface area contributed by atoms with Gasteiger partial charge >= 0.3 is 0 Å². The topological polar surface area (TPSA) is 34.1 Å². The normalized spacial score (nSPS) is 20.4. The van der Waals surface area contributed by atoms with Gasteiger partial charge in [0.05, 0.1) is 19.3 Å². The van der Waals surface area contributed by atoms with Crippen LogP contribution < -0.4 is 5.32 Å². The van der Waals surface area contributed by atoms with Gasteiger partial charge in [0.15, 0.2) is 0 Å². The number of nitrogens with zero attached hydrogens (tertiary/aromatic N) is 1. The van der Waals surface area contributed by atoms with E-state index in [-0.39, 0.29) is 24.8 Å². The molecule has 14 heavy (non-hydrogen) atoms. The van der Waals surface area contributed by atoms with Gasteiger partial charge in [-0.3, -0.25) is 4.98 Å². The minimum Gasteiger partial charge on any atom is -0.378 e. The van der Waals surface area contributed by atoms with E-state index in [0.29, 0.717) is 6.04 Å². The number of hydrogen-bond acceptors (Lipinski definition) is 3. The van der Waals surface area contributed by atoms with E-state index < -0.39 is 0 Å². The fraction of sp³-hybridized carbons (Fsp3) is 0.444. The van der Waals surface area contributed by atoms with Crippen molar-refractivity contribution in [3.8, 4) is 0 Å². The Morgan fingerprint density at radius 2 is 2.29 bits per heavy atom. The third kappa shape index (κ3) is 3.42. The second-order valence-corrected chi connectivity index (χ2v) is 2.87. The van der Waals surface area contributed by atoms with Gasteiger partial charge in [-0.2, -0.15) is 0 Å². The molecule has 1 aliphatic rings. The van der Waals surface area contributed by atoms with Gasteiger partial charge in [-0.25, -0.2) is 0 Å². The molecule has 1 saturated heterocycles. The molecule has 0 aromatic carbocycles. The van der Waals surface area contributed by atoms with Crippen LogP contribution in [0.25, 0.3) is 0 Å². The Hall–Kier alpha value is -0.350. The van der Waals surface area contributed by atoms with E-state index in [1.165, 1.54) is 5.56 Å². The zero-order valence-electron chi connectivity index (χ0n) is 7.68. The van der Waals surface area contributed by atoms with Gasteiger partial charge in [0.1, 0.15) is 0 Å². The monoisotopic (exact) mass is 236 g/mol. The van der Waals surface area contributed by atoms with Crippen molar-refractivity contribution in [3.63, 3.8) is 0 Å². The van der Waals surface area contributed by atoms with Crippen LogP contribution in [-0.4, -0.2) is 24.7 Å². The Morgan fingerprint density at radius 1 is 1.43 bits per heavy atom. The van der Waals surface area contributed by atoms with Crippen molar-refractivity contribution < 1.29 is 4.74 Å². The van der Waals surface area contributed by atoms with Crippen molar-refractivity contribution in [1.82, 2.24) is 10.3 Å². The van der Waals surface area contributed by atoms with Crippen LogP contribution in [0.1, 0.15) is 11.6 Å². The largest absolute Gasteiger partial charge is 0.378 e. The van der Waals surface area contributed by atoms with Gasteiger partial charge in [0.25, 0.3) is 0 Å². The molecule has 1 aromatic heterocycles. The van der Waals surface area contributed by atoms with Gasteiger partial charge < -0.3 is 10.1 Å². The maximum absolute atomic E-state index is 5.35. The molecule has 1 aromatic rings. The lowest BCUT2D eigenvalue weighted by Crippen LogP contribution is -2.34. The predicted octanol–water partition coefficient (Wildman–Crippen LogP) is 1.59. The van der Waals surface area contributed by atoms with Crippen molar-refractivity contribution in [2.75, 3.05) is 19.8 Å². The highest BCUT2D eigenvalue weighted by atomic mass is 35.5. The number of hydrogen-bond donors (Lipinski definition) is 1. The molecular formula is C9H14Cl2N2O. The number of pyridine rings is 1. The molecule has 2 heterocycles. The first-order chi connectivity index (χ1) is 5.97. The Bertz CT molecular complexity index is 240. The van der Waals surface area contributed by atoms with Crippen molar-refractivity contribution in [3.05, 3.63) is 30.1 Å². The summed E-state index contributed by atoms with van der Waals surface area (Å²) in [5.74, 6) is 0. The first-order valence-electron chi connectivity index (χ1n) is 4.18.